The minimum absolute atomic E-state index is 0.0559. The molecule has 2 aromatic carbocycles. The normalized spacial score (nSPS) is 10.6. The van der Waals surface area contributed by atoms with Gasteiger partial charge in [-0.3, -0.25) is 9.59 Å². The van der Waals surface area contributed by atoms with E-state index in [1.54, 1.807) is 24.1 Å². The molecule has 2 amide bonds. The van der Waals surface area contributed by atoms with Gasteiger partial charge in [-0.25, -0.2) is 0 Å². The second kappa shape index (κ2) is 9.02. The number of nitrogens with one attached hydrogen (secondary N) is 1. The van der Waals surface area contributed by atoms with Gasteiger partial charge in [0, 0.05) is 20.0 Å². The van der Waals surface area contributed by atoms with Crippen LogP contribution in [0.1, 0.15) is 42.6 Å². The summed E-state index contributed by atoms with van der Waals surface area (Å²) in [5.74, 6) is 0.308. The van der Waals surface area contributed by atoms with Crippen molar-refractivity contribution < 1.29 is 9.59 Å². The maximum absolute atomic E-state index is 12.8. The van der Waals surface area contributed by atoms with Crippen molar-refractivity contribution in [2.24, 2.45) is 5.92 Å². The average molecular weight is 338 g/mol. The van der Waals surface area contributed by atoms with Crippen LogP contribution in [-0.2, 0) is 11.3 Å². The minimum Gasteiger partial charge on any atom is -0.337 e. The molecular formula is C21H26N2O2. The summed E-state index contributed by atoms with van der Waals surface area (Å²) in [4.78, 5) is 26.6. The molecule has 2 aromatic rings. The van der Waals surface area contributed by atoms with Crippen LogP contribution in [0.5, 0.6) is 0 Å². The van der Waals surface area contributed by atoms with Crippen LogP contribution in [0.3, 0.4) is 0 Å². The highest BCUT2D eigenvalue weighted by atomic mass is 16.2. The molecular weight excluding hydrogens is 312 g/mol. The Hall–Kier alpha value is -2.62. The van der Waals surface area contributed by atoms with Gasteiger partial charge in [-0.05, 0) is 30.0 Å². The zero-order valence-corrected chi connectivity index (χ0v) is 15.2. The molecule has 0 aliphatic rings. The van der Waals surface area contributed by atoms with Gasteiger partial charge in [-0.1, -0.05) is 56.3 Å². The Bertz CT molecular complexity index is 711. The van der Waals surface area contributed by atoms with Crippen molar-refractivity contribution in [1.29, 1.82) is 0 Å². The fourth-order valence-corrected chi connectivity index (χ4v) is 2.55. The van der Waals surface area contributed by atoms with Crippen molar-refractivity contribution in [3.63, 3.8) is 0 Å². The third-order valence-electron chi connectivity index (χ3n) is 3.99. The lowest BCUT2D eigenvalue weighted by Gasteiger charge is -2.19. The Morgan fingerprint density at radius 3 is 2.32 bits per heavy atom. The summed E-state index contributed by atoms with van der Waals surface area (Å²) in [5.41, 5.74) is 2.15. The summed E-state index contributed by atoms with van der Waals surface area (Å²) in [5, 5.41) is 2.88. The maximum atomic E-state index is 12.8. The highest BCUT2D eigenvalue weighted by molar-refractivity contribution is 6.03. The van der Waals surface area contributed by atoms with E-state index >= 15 is 0 Å². The van der Waals surface area contributed by atoms with E-state index in [0.29, 0.717) is 30.1 Å². The predicted molar refractivity (Wildman–Crippen MR) is 101 cm³/mol. The fraction of sp³-hybridized carbons (Fsp3) is 0.333. The second-order valence-electron chi connectivity index (χ2n) is 6.67. The van der Waals surface area contributed by atoms with Crippen LogP contribution in [0, 0.1) is 5.92 Å². The molecule has 132 valence electrons. The molecule has 0 saturated heterocycles. The number of anilines is 1. The van der Waals surface area contributed by atoms with E-state index in [1.807, 2.05) is 42.5 Å². The molecule has 25 heavy (non-hydrogen) atoms. The Labute approximate surface area is 149 Å². The van der Waals surface area contributed by atoms with Crippen LogP contribution in [0.15, 0.2) is 54.6 Å². The van der Waals surface area contributed by atoms with Gasteiger partial charge in [0.2, 0.25) is 5.91 Å². The van der Waals surface area contributed by atoms with Gasteiger partial charge in [-0.15, -0.1) is 0 Å². The predicted octanol–water partition coefficient (Wildman–Crippen LogP) is 4.33. The molecule has 2 rings (SSSR count). The highest BCUT2D eigenvalue weighted by Gasteiger charge is 2.17. The monoisotopic (exact) mass is 338 g/mol. The number of nitrogens with zero attached hydrogens (tertiary/aromatic N) is 1. The van der Waals surface area contributed by atoms with E-state index in [-0.39, 0.29) is 11.8 Å². The van der Waals surface area contributed by atoms with Crippen LogP contribution in [0.2, 0.25) is 0 Å². The number of carbonyl (C=O) groups excluding carboxylic acids is 2. The van der Waals surface area contributed by atoms with E-state index in [0.717, 1.165) is 12.0 Å². The second-order valence-corrected chi connectivity index (χ2v) is 6.67. The van der Waals surface area contributed by atoms with Gasteiger partial charge in [0.1, 0.15) is 0 Å². The number of hydrogen-bond donors (Lipinski definition) is 1. The van der Waals surface area contributed by atoms with E-state index in [4.69, 9.17) is 0 Å². The first-order chi connectivity index (χ1) is 12.0. The molecule has 0 unspecified atom stereocenters. The summed E-state index contributed by atoms with van der Waals surface area (Å²) in [6.45, 7) is 4.70. The molecule has 0 heterocycles. The van der Waals surface area contributed by atoms with Crippen molar-refractivity contribution in [2.45, 2.75) is 33.2 Å². The van der Waals surface area contributed by atoms with Crippen LogP contribution in [-0.4, -0.2) is 23.8 Å². The number of carbonyl (C=O) groups is 2. The summed E-state index contributed by atoms with van der Waals surface area (Å²) in [6.07, 6.45) is 1.29. The lowest BCUT2D eigenvalue weighted by Crippen LogP contribution is -2.27. The molecule has 0 fully saturated rings. The largest absolute Gasteiger partial charge is 0.337 e. The molecule has 4 nitrogen and oxygen atoms in total. The van der Waals surface area contributed by atoms with Crippen LogP contribution in [0.4, 0.5) is 5.69 Å². The van der Waals surface area contributed by atoms with Crippen molar-refractivity contribution in [3.8, 4) is 0 Å². The SMILES string of the molecule is CC(C)CCC(=O)Nc1ccccc1C(=O)N(C)Cc1ccccc1. The number of benzene rings is 2. The van der Waals surface area contributed by atoms with Crippen LogP contribution in [0.25, 0.3) is 0 Å². The van der Waals surface area contributed by atoms with Crippen molar-refractivity contribution >= 4 is 17.5 Å². The molecule has 0 aliphatic heterocycles. The first-order valence-corrected chi connectivity index (χ1v) is 8.65. The molecule has 4 heteroatoms. The zero-order chi connectivity index (χ0) is 18.2. The zero-order valence-electron chi connectivity index (χ0n) is 15.2. The van der Waals surface area contributed by atoms with Gasteiger partial charge < -0.3 is 10.2 Å². The average Bonchev–Trinajstić information content (AvgIpc) is 2.60. The topological polar surface area (TPSA) is 49.4 Å². The quantitative estimate of drug-likeness (QED) is 0.817. The molecule has 0 atom stereocenters. The van der Waals surface area contributed by atoms with Gasteiger partial charge in [0.15, 0.2) is 0 Å². The lowest BCUT2D eigenvalue weighted by atomic mass is 10.1. The Balaban J connectivity index is 2.08. The molecule has 0 spiro atoms. The van der Waals surface area contributed by atoms with Gasteiger partial charge in [0.05, 0.1) is 11.3 Å². The molecule has 0 bridgehead atoms. The van der Waals surface area contributed by atoms with Crippen molar-refractivity contribution in [2.75, 3.05) is 12.4 Å². The van der Waals surface area contributed by atoms with E-state index < -0.39 is 0 Å². The highest BCUT2D eigenvalue weighted by Crippen LogP contribution is 2.19. The van der Waals surface area contributed by atoms with Crippen molar-refractivity contribution in [1.82, 2.24) is 4.90 Å². The number of para-hydroxylation sites is 1. The first kappa shape index (κ1) is 18.7. The molecule has 0 radical (unpaired) electrons. The summed E-state index contributed by atoms with van der Waals surface area (Å²) >= 11 is 0. The number of amides is 2. The van der Waals surface area contributed by atoms with Crippen molar-refractivity contribution in [3.05, 3.63) is 65.7 Å². The third kappa shape index (κ3) is 5.75. The Morgan fingerprint density at radius 1 is 1.00 bits per heavy atom. The standard InChI is InChI=1S/C21H26N2O2/c1-16(2)13-14-20(24)22-19-12-8-7-11-18(19)21(25)23(3)15-17-9-5-4-6-10-17/h4-12,16H,13-15H2,1-3H3,(H,22,24). The Kier molecular flexibility index (Phi) is 6.75. The fourth-order valence-electron chi connectivity index (χ4n) is 2.55. The lowest BCUT2D eigenvalue weighted by molar-refractivity contribution is -0.116. The van der Waals surface area contributed by atoms with Gasteiger partial charge in [0.25, 0.3) is 5.91 Å². The number of rotatable bonds is 7. The third-order valence-corrected chi connectivity index (χ3v) is 3.99. The number of hydrogen-bond acceptors (Lipinski definition) is 2. The first-order valence-electron chi connectivity index (χ1n) is 8.65. The Morgan fingerprint density at radius 2 is 1.64 bits per heavy atom. The molecule has 0 aromatic heterocycles. The van der Waals surface area contributed by atoms with E-state index in [2.05, 4.69) is 19.2 Å². The van der Waals surface area contributed by atoms with Crippen LogP contribution >= 0.6 is 0 Å². The molecule has 0 aliphatic carbocycles. The summed E-state index contributed by atoms with van der Waals surface area (Å²) < 4.78 is 0. The van der Waals surface area contributed by atoms with E-state index in [9.17, 15) is 9.59 Å². The molecule has 1 N–H and O–H groups in total. The summed E-state index contributed by atoms with van der Waals surface area (Å²) in [6, 6.07) is 17.0. The van der Waals surface area contributed by atoms with E-state index in [1.165, 1.54) is 0 Å². The molecule has 0 saturated carbocycles. The van der Waals surface area contributed by atoms with Gasteiger partial charge >= 0.3 is 0 Å². The van der Waals surface area contributed by atoms with Crippen LogP contribution < -0.4 is 5.32 Å². The maximum Gasteiger partial charge on any atom is 0.256 e. The van der Waals surface area contributed by atoms with Gasteiger partial charge in [-0.2, -0.15) is 0 Å². The minimum atomic E-state index is -0.108. The summed E-state index contributed by atoms with van der Waals surface area (Å²) in [7, 11) is 1.77. The smallest absolute Gasteiger partial charge is 0.256 e.